The maximum Gasteiger partial charge on any atom is 0.250 e. The highest BCUT2D eigenvalue weighted by Gasteiger charge is 2.39. The maximum absolute atomic E-state index is 6.47. The Morgan fingerprint density at radius 3 is 2.17 bits per heavy atom. The van der Waals surface area contributed by atoms with E-state index in [0.717, 1.165) is 29.9 Å². The minimum atomic E-state index is -1.82. The molecular formula is C21H34O2Si. The van der Waals surface area contributed by atoms with Crippen molar-refractivity contribution < 1.29 is 9.16 Å². The quantitative estimate of drug-likeness (QED) is 0.340. The third kappa shape index (κ3) is 4.66. The molecule has 0 saturated heterocycles. The van der Waals surface area contributed by atoms with E-state index in [1.54, 1.807) is 7.11 Å². The van der Waals surface area contributed by atoms with Crippen molar-refractivity contribution in [2.24, 2.45) is 0 Å². The van der Waals surface area contributed by atoms with Crippen LogP contribution in [0.15, 0.2) is 29.8 Å². The SMILES string of the molecule is COC(=C1CCCCCC1)c1cccc(O[Si](C)(C)C(C)(C)C)c1. The van der Waals surface area contributed by atoms with E-state index in [1.807, 2.05) is 0 Å². The van der Waals surface area contributed by atoms with E-state index in [2.05, 4.69) is 58.1 Å². The lowest BCUT2D eigenvalue weighted by atomic mass is 10.0. The predicted molar refractivity (Wildman–Crippen MR) is 106 cm³/mol. The predicted octanol–water partition coefficient (Wildman–Crippen LogP) is 6.78. The number of hydrogen-bond donors (Lipinski definition) is 0. The van der Waals surface area contributed by atoms with Crippen molar-refractivity contribution >= 4 is 14.1 Å². The molecule has 0 N–H and O–H groups in total. The zero-order valence-electron chi connectivity index (χ0n) is 16.4. The summed E-state index contributed by atoms with van der Waals surface area (Å²) in [4.78, 5) is 0. The molecule has 2 nitrogen and oxygen atoms in total. The van der Waals surface area contributed by atoms with E-state index in [1.165, 1.54) is 31.3 Å². The Morgan fingerprint density at radius 2 is 1.62 bits per heavy atom. The van der Waals surface area contributed by atoms with Crippen LogP contribution in [-0.4, -0.2) is 15.4 Å². The molecule has 0 aliphatic heterocycles. The van der Waals surface area contributed by atoms with Gasteiger partial charge in [-0.25, -0.2) is 0 Å². The molecule has 1 aromatic rings. The molecule has 1 aromatic carbocycles. The van der Waals surface area contributed by atoms with Gasteiger partial charge < -0.3 is 9.16 Å². The third-order valence-corrected chi connectivity index (χ3v) is 9.87. The molecule has 2 rings (SSSR count). The molecule has 0 heterocycles. The minimum absolute atomic E-state index is 0.201. The van der Waals surface area contributed by atoms with Crippen LogP contribution in [0.3, 0.4) is 0 Å². The zero-order valence-corrected chi connectivity index (χ0v) is 17.4. The first-order valence-electron chi connectivity index (χ1n) is 9.30. The summed E-state index contributed by atoms with van der Waals surface area (Å²) >= 11 is 0. The summed E-state index contributed by atoms with van der Waals surface area (Å²) < 4.78 is 12.3. The fourth-order valence-corrected chi connectivity index (χ4v) is 4.02. The molecule has 0 bridgehead atoms. The van der Waals surface area contributed by atoms with Crippen LogP contribution in [0.4, 0.5) is 0 Å². The Kier molecular flexibility index (Phi) is 6.19. The second-order valence-corrected chi connectivity index (χ2v) is 13.2. The van der Waals surface area contributed by atoms with E-state index in [9.17, 15) is 0 Å². The molecule has 3 heteroatoms. The highest BCUT2D eigenvalue weighted by molar-refractivity contribution is 6.74. The smallest absolute Gasteiger partial charge is 0.250 e. The van der Waals surface area contributed by atoms with Crippen molar-refractivity contribution in [3.63, 3.8) is 0 Å². The van der Waals surface area contributed by atoms with E-state index in [-0.39, 0.29) is 5.04 Å². The molecule has 1 fully saturated rings. The van der Waals surface area contributed by atoms with Gasteiger partial charge in [0.05, 0.1) is 7.11 Å². The van der Waals surface area contributed by atoms with E-state index in [4.69, 9.17) is 9.16 Å². The van der Waals surface area contributed by atoms with Gasteiger partial charge in [0, 0.05) is 5.56 Å². The lowest BCUT2D eigenvalue weighted by Gasteiger charge is -2.36. The van der Waals surface area contributed by atoms with Gasteiger partial charge in [-0.3, -0.25) is 0 Å². The first kappa shape index (κ1) is 19.1. The number of ether oxygens (including phenoxy) is 1. The van der Waals surface area contributed by atoms with Crippen LogP contribution >= 0.6 is 0 Å². The first-order chi connectivity index (χ1) is 11.2. The molecule has 0 spiro atoms. The Labute approximate surface area is 149 Å². The summed E-state index contributed by atoms with van der Waals surface area (Å²) in [6.07, 6.45) is 7.57. The molecule has 0 radical (unpaired) electrons. The lowest BCUT2D eigenvalue weighted by molar-refractivity contribution is 0.364. The molecule has 0 unspecified atom stereocenters. The molecular weight excluding hydrogens is 312 g/mol. The van der Waals surface area contributed by atoms with Crippen LogP contribution < -0.4 is 4.43 Å². The Hall–Kier alpha value is -1.22. The van der Waals surface area contributed by atoms with Crippen LogP contribution in [-0.2, 0) is 4.74 Å². The van der Waals surface area contributed by atoms with Crippen molar-refractivity contribution in [3.05, 3.63) is 35.4 Å². The van der Waals surface area contributed by atoms with E-state index >= 15 is 0 Å². The third-order valence-electron chi connectivity index (χ3n) is 5.51. The maximum atomic E-state index is 6.47. The summed E-state index contributed by atoms with van der Waals surface area (Å²) in [6.45, 7) is 11.4. The van der Waals surface area contributed by atoms with Crippen molar-refractivity contribution in [2.75, 3.05) is 7.11 Å². The van der Waals surface area contributed by atoms with Crippen LogP contribution in [0.25, 0.3) is 5.76 Å². The number of benzene rings is 1. The van der Waals surface area contributed by atoms with Crippen molar-refractivity contribution in [1.29, 1.82) is 0 Å². The molecule has 24 heavy (non-hydrogen) atoms. The van der Waals surface area contributed by atoms with E-state index < -0.39 is 8.32 Å². The van der Waals surface area contributed by atoms with Gasteiger partial charge in [-0.15, -0.1) is 0 Å². The largest absolute Gasteiger partial charge is 0.543 e. The summed E-state index contributed by atoms with van der Waals surface area (Å²) in [5.74, 6) is 2.04. The van der Waals surface area contributed by atoms with Gasteiger partial charge in [-0.05, 0) is 61.5 Å². The summed E-state index contributed by atoms with van der Waals surface area (Å²) in [6, 6.07) is 8.48. The molecule has 134 valence electrons. The average Bonchev–Trinajstić information content (AvgIpc) is 2.76. The Morgan fingerprint density at radius 1 is 1.00 bits per heavy atom. The molecule has 1 aliphatic carbocycles. The standard InChI is InChI=1S/C21H34O2Si/c1-21(2,3)24(5,6)23-19-15-11-14-18(16-19)20(22-4)17-12-9-7-8-10-13-17/h11,14-16H,7-10,12-13H2,1-6H3. The second kappa shape index (κ2) is 7.77. The van der Waals surface area contributed by atoms with Gasteiger partial charge in [0.1, 0.15) is 11.5 Å². The number of allylic oxidation sites excluding steroid dienone is 1. The second-order valence-electron chi connectivity index (χ2n) is 8.44. The lowest BCUT2D eigenvalue weighted by Crippen LogP contribution is -2.43. The highest BCUT2D eigenvalue weighted by atomic mass is 28.4. The fourth-order valence-electron chi connectivity index (χ4n) is 3.00. The van der Waals surface area contributed by atoms with Crippen LogP contribution in [0, 0.1) is 0 Å². The monoisotopic (exact) mass is 346 g/mol. The van der Waals surface area contributed by atoms with Gasteiger partial charge in [0.15, 0.2) is 0 Å². The molecule has 1 aliphatic rings. The van der Waals surface area contributed by atoms with Gasteiger partial charge in [0.25, 0.3) is 0 Å². The van der Waals surface area contributed by atoms with Crippen LogP contribution in [0.5, 0.6) is 5.75 Å². The van der Waals surface area contributed by atoms with Crippen molar-refractivity contribution in [3.8, 4) is 5.75 Å². The number of methoxy groups -OCH3 is 1. The normalized spacial score (nSPS) is 16.5. The Bertz CT molecular complexity index is 572. The van der Waals surface area contributed by atoms with Gasteiger partial charge in [-0.2, -0.15) is 0 Å². The van der Waals surface area contributed by atoms with Crippen LogP contribution in [0.2, 0.25) is 18.1 Å². The van der Waals surface area contributed by atoms with Gasteiger partial charge in [0.2, 0.25) is 8.32 Å². The zero-order chi connectivity index (χ0) is 17.8. The number of hydrogen-bond acceptors (Lipinski definition) is 2. The Balaban J connectivity index is 2.30. The summed E-state index contributed by atoms with van der Waals surface area (Å²) in [7, 11) is -0.0179. The molecule has 0 aromatic heterocycles. The van der Waals surface area contributed by atoms with Crippen molar-refractivity contribution in [2.45, 2.75) is 77.4 Å². The van der Waals surface area contributed by atoms with Crippen molar-refractivity contribution in [1.82, 2.24) is 0 Å². The van der Waals surface area contributed by atoms with Gasteiger partial charge in [-0.1, -0.05) is 45.7 Å². The summed E-state index contributed by atoms with van der Waals surface area (Å²) in [5.41, 5.74) is 2.63. The highest BCUT2D eigenvalue weighted by Crippen LogP contribution is 2.38. The minimum Gasteiger partial charge on any atom is -0.543 e. The van der Waals surface area contributed by atoms with Crippen LogP contribution in [0.1, 0.15) is 64.9 Å². The average molecular weight is 347 g/mol. The first-order valence-corrected chi connectivity index (χ1v) is 12.2. The molecule has 1 saturated carbocycles. The topological polar surface area (TPSA) is 18.5 Å². The summed E-state index contributed by atoms with van der Waals surface area (Å²) in [5, 5.41) is 0.201. The fraction of sp³-hybridized carbons (Fsp3) is 0.619. The number of rotatable bonds is 4. The molecule has 0 amide bonds. The molecule has 0 atom stereocenters. The van der Waals surface area contributed by atoms with Gasteiger partial charge >= 0.3 is 0 Å². The van der Waals surface area contributed by atoms with E-state index in [0.29, 0.717) is 0 Å².